The van der Waals surface area contributed by atoms with Crippen LogP contribution in [-0.4, -0.2) is 4.57 Å². The van der Waals surface area contributed by atoms with Gasteiger partial charge in [-0.3, -0.25) is 4.57 Å². The molecule has 68 valence electrons. The van der Waals surface area contributed by atoms with Crippen LogP contribution in [-0.2, 0) is 0 Å². The highest BCUT2D eigenvalue weighted by atomic mass is 32.1. The third kappa shape index (κ3) is 1.60. The zero-order valence-electron chi connectivity index (χ0n) is 7.18. The Bertz CT molecular complexity index is 545. The summed E-state index contributed by atoms with van der Waals surface area (Å²) in [4.78, 5) is 0. The van der Waals surface area contributed by atoms with E-state index in [-0.39, 0.29) is 0 Å². The number of aromatic nitrogens is 1. The fourth-order valence-electron chi connectivity index (χ4n) is 1.18. The molecule has 0 fully saturated rings. The van der Waals surface area contributed by atoms with Gasteiger partial charge in [0.25, 0.3) is 0 Å². The van der Waals surface area contributed by atoms with Crippen LogP contribution in [0.4, 0.5) is 0 Å². The highest BCUT2D eigenvalue weighted by molar-refractivity contribution is 7.73. The lowest BCUT2D eigenvalue weighted by atomic mass is 10.2. The van der Waals surface area contributed by atoms with Gasteiger partial charge in [-0.1, -0.05) is 6.07 Å². The maximum Gasteiger partial charge on any atom is 0.165 e. The summed E-state index contributed by atoms with van der Waals surface area (Å²) >= 11 is 6.65. The SMILES string of the molecule is N#Cc1cccc(-n2ccsc2=S)c1. The molecule has 2 nitrogen and oxygen atoms in total. The highest BCUT2D eigenvalue weighted by Crippen LogP contribution is 2.13. The molecule has 0 saturated heterocycles. The second-order valence-electron chi connectivity index (χ2n) is 2.70. The first-order valence-electron chi connectivity index (χ1n) is 3.98. The van der Waals surface area contributed by atoms with Crippen LogP contribution < -0.4 is 0 Å². The summed E-state index contributed by atoms with van der Waals surface area (Å²) in [5.41, 5.74) is 1.59. The molecular weight excluding hydrogens is 212 g/mol. The summed E-state index contributed by atoms with van der Waals surface area (Å²) in [5, 5.41) is 10.7. The molecule has 1 aromatic carbocycles. The van der Waals surface area contributed by atoms with Crippen molar-refractivity contribution in [3.63, 3.8) is 0 Å². The molecule has 2 aromatic rings. The van der Waals surface area contributed by atoms with Gasteiger partial charge in [0, 0.05) is 17.3 Å². The normalized spacial score (nSPS) is 9.64. The number of benzene rings is 1. The fraction of sp³-hybridized carbons (Fsp3) is 0. The van der Waals surface area contributed by atoms with E-state index in [0.29, 0.717) is 5.56 Å². The van der Waals surface area contributed by atoms with E-state index in [1.54, 1.807) is 6.07 Å². The van der Waals surface area contributed by atoms with Gasteiger partial charge in [0.1, 0.15) is 0 Å². The molecule has 1 heterocycles. The average molecular weight is 218 g/mol. The van der Waals surface area contributed by atoms with Gasteiger partial charge in [-0.25, -0.2) is 0 Å². The molecule has 0 unspecified atom stereocenters. The molecule has 0 N–H and O–H groups in total. The van der Waals surface area contributed by atoms with E-state index in [0.717, 1.165) is 9.64 Å². The molecule has 0 aliphatic rings. The summed E-state index contributed by atoms with van der Waals surface area (Å²) in [7, 11) is 0. The molecule has 0 saturated carbocycles. The zero-order valence-corrected chi connectivity index (χ0v) is 8.81. The molecule has 0 amide bonds. The van der Waals surface area contributed by atoms with E-state index < -0.39 is 0 Å². The predicted octanol–water partition coefficient (Wildman–Crippen LogP) is 3.14. The predicted molar refractivity (Wildman–Crippen MR) is 59.2 cm³/mol. The van der Waals surface area contributed by atoms with Crippen LogP contribution in [0, 0.1) is 15.3 Å². The smallest absolute Gasteiger partial charge is 0.165 e. The van der Waals surface area contributed by atoms with Crippen molar-refractivity contribution in [2.24, 2.45) is 0 Å². The number of nitrogens with zero attached hydrogens (tertiary/aromatic N) is 2. The second kappa shape index (κ2) is 3.74. The summed E-state index contributed by atoms with van der Waals surface area (Å²) < 4.78 is 2.68. The first-order chi connectivity index (χ1) is 6.81. The van der Waals surface area contributed by atoms with Gasteiger partial charge in [-0.05, 0) is 30.4 Å². The quantitative estimate of drug-likeness (QED) is 0.688. The van der Waals surface area contributed by atoms with Gasteiger partial charge in [0.2, 0.25) is 0 Å². The molecule has 2 rings (SSSR count). The molecule has 0 aliphatic heterocycles. The minimum absolute atomic E-state index is 0.649. The number of thiazole rings is 1. The molecule has 0 radical (unpaired) electrons. The van der Waals surface area contributed by atoms with Gasteiger partial charge >= 0.3 is 0 Å². The Balaban J connectivity index is 2.59. The van der Waals surface area contributed by atoms with Crippen molar-refractivity contribution in [3.8, 4) is 11.8 Å². The maximum atomic E-state index is 8.75. The van der Waals surface area contributed by atoms with Gasteiger partial charge in [0.15, 0.2) is 3.95 Å². The van der Waals surface area contributed by atoms with E-state index in [2.05, 4.69) is 6.07 Å². The Morgan fingerprint density at radius 1 is 1.43 bits per heavy atom. The summed E-state index contributed by atoms with van der Waals surface area (Å²) in [6.07, 6.45) is 1.91. The van der Waals surface area contributed by atoms with Crippen molar-refractivity contribution in [2.45, 2.75) is 0 Å². The van der Waals surface area contributed by atoms with Crippen LogP contribution in [0.25, 0.3) is 5.69 Å². The van der Waals surface area contributed by atoms with E-state index in [4.69, 9.17) is 17.5 Å². The third-order valence-electron chi connectivity index (χ3n) is 1.83. The summed E-state index contributed by atoms with van der Waals surface area (Å²) in [6, 6.07) is 9.49. The minimum atomic E-state index is 0.649. The lowest BCUT2D eigenvalue weighted by Gasteiger charge is -2.01. The summed E-state index contributed by atoms with van der Waals surface area (Å²) in [6.45, 7) is 0. The fourth-order valence-corrected chi connectivity index (χ4v) is 2.10. The van der Waals surface area contributed by atoms with Crippen LogP contribution in [0.2, 0.25) is 0 Å². The molecule has 0 spiro atoms. The largest absolute Gasteiger partial charge is 0.299 e. The van der Waals surface area contributed by atoms with Crippen LogP contribution in [0.3, 0.4) is 0 Å². The van der Waals surface area contributed by atoms with Gasteiger partial charge in [0.05, 0.1) is 11.6 Å². The molecule has 0 atom stereocenters. The standard InChI is InChI=1S/C10H6N2S2/c11-7-8-2-1-3-9(6-8)12-4-5-14-10(12)13/h1-6H. The Labute approximate surface area is 90.7 Å². The van der Waals surface area contributed by atoms with Crippen molar-refractivity contribution in [3.05, 3.63) is 45.4 Å². The van der Waals surface area contributed by atoms with E-state index in [1.807, 2.05) is 34.3 Å². The van der Waals surface area contributed by atoms with Gasteiger partial charge in [-0.15, -0.1) is 11.3 Å². The lowest BCUT2D eigenvalue weighted by molar-refractivity contribution is 1.07. The van der Waals surface area contributed by atoms with E-state index in [1.165, 1.54) is 11.3 Å². The van der Waals surface area contributed by atoms with Crippen molar-refractivity contribution in [1.82, 2.24) is 4.57 Å². The van der Waals surface area contributed by atoms with E-state index in [9.17, 15) is 0 Å². The van der Waals surface area contributed by atoms with Gasteiger partial charge in [-0.2, -0.15) is 5.26 Å². The minimum Gasteiger partial charge on any atom is -0.299 e. The van der Waals surface area contributed by atoms with Crippen LogP contribution in [0.15, 0.2) is 35.8 Å². The molecule has 4 heteroatoms. The number of hydrogen-bond donors (Lipinski definition) is 0. The highest BCUT2D eigenvalue weighted by Gasteiger charge is 1.98. The zero-order chi connectivity index (χ0) is 9.97. The average Bonchev–Trinajstić information content (AvgIpc) is 2.65. The second-order valence-corrected chi connectivity index (χ2v) is 4.24. The maximum absolute atomic E-state index is 8.75. The Morgan fingerprint density at radius 3 is 2.93 bits per heavy atom. The molecular formula is C10H6N2S2. The lowest BCUT2D eigenvalue weighted by Crippen LogP contribution is -1.91. The summed E-state index contributed by atoms with van der Waals surface area (Å²) in [5.74, 6) is 0. The number of rotatable bonds is 1. The first-order valence-corrected chi connectivity index (χ1v) is 5.27. The van der Waals surface area contributed by atoms with E-state index >= 15 is 0 Å². The topological polar surface area (TPSA) is 28.7 Å². The molecule has 1 aromatic heterocycles. The van der Waals surface area contributed by atoms with Crippen LogP contribution in [0.1, 0.15) is 5.56 Å². The number of nitriles is 1. The van der Waals surface area contributed by atoms with Crippen molar-refractivity contribution in [2.75, 3.05) is 0 Å². The van der Waals surface area contributed by atoms with Crippen LogP contribution >= 0.6 is 23.6 Å². The number of hydrogen-bond acceptors (Lipinski definition) is 3. The van der Waals surface area contributed by atoms with Crippen molar-refractivity contribution >= 4 is 23.6 Å². The monoisotopic (exact) mass is 218 g/mol. The van der Waals surface area contributed by atoms with Crippen molar-refractivity contribution < 1.29 is 0 Å². The Kier molecular flexibility index (Phi) is 2.44. The molecule has 0 bridgehead atoms. The Hall–Kier alpha value is -1.44. The Morgan fingerprint density at radius 2 is 2.29 bits per heavy atom. The molecule has 14 heavy (non-hydrogen) atoms. The molecule has 0 aliphatic carbocycles. The first kappa shape index (κ1) is 9.13. The third-order valence-corrected chi connectivity index (χ3v) is 2.97. The van der Waals surface area contributed by atoms with Crippen molar-refractivity contribution in [1.29, 1.82) is 5.26 Å². The van der Waals surface area contributed by atoms with Gasteiger partial charge < -0.3 is 0 Å². The van der Waals surface area contributed by atoms with Crippen LogP contribution in [0.5, 0.6) is 0 Å².